The Hall–Kier alpha value is -1.11. The first-order valence-corrected chi connectivity index (χ1v) is 4.09. The Kier molecular flexibility index (Phi) is 5.02. The largest absolute Gasteiger partial charge is 0.258 e. The first-order valence-electron chi connectivity index (χ1n) is 4.09. The Bertz CT molecular complexity index is 238. The van der Waals surface area contributed by atoms with Crippen molar-refractivity contribution in [2.75, 3.05) is 0 Å². The molecule has 12 heavy (non-hydrogen) atoms. The molecular formula is C11H17N. The van der Waals surface area contributed by atoms with E-state index in [2.05, 4.69) is 11.6 Å². The first-order chi connectivity index (χ1) is 5.61. The van der Waals surface area contributed by atoms with E-state index in [9.17, 15) is 0 Å². The van der Waals surface area contributed by atoms with Gasteiger partial charge in [-0.2, -0.15) is 0 Å². The van der Waals surface area contributed by atoms with Gasteiger partial charge in [-0.05, 0) is 39.3 Å². The van der Waals surface area contributed by atoms with Crippen LogP contribution < -0.4 is 0 Å². The van der Waals surface area contributed by atoms with Crippen molar-refractivity contribution in [1.29, 1.82) is 0 Å². The molecule has 0 N–H and O–H groups in total. The zero-order valence-corrected chi connectivity index (χ0v) is 8.39. The van der Waals surface area contributed by atoms with Crippen molar-refractivity contribution in [2.24, 2.45) is 4.99 Å². The number of hydrogen-bond donors (Lipinski definition) is 0. The third kappa shape index (κ3) is 3.91. The van der Waals surface area contributed by atoms with Crippen LogP contribution in [0.3, 0.4) is 0 Å². The second-order valence-corrected chi connectivity index (χ2v) is 2.82. The molecule has 1 heteroatoms. The fourth-order valence-corrected chi connectivity index (χ4v) is 0.757. The third-order valence-corrected chi connectivity index (χ3v) is 1.46. The molecule has 0 aliphatic rings. The molecule has 0 rings (SSSR count). The minimum absolute atomic E-state index is 0.993. The van der Waals surface area contributed by atoms with E-state index in [4.69, 9.17) is 0 Å². The highest BCUT2D eigenvalue weighted by molar-refractivity contribution is 5.80. The number of allylic oxidation sites excluding steroid dienone is 4. The zero-order chi connectivity index (χ0) is 9.56. The van der Waals surface area contributed by atoms with Gasteiger partial charge in [-0.25, -0.2) is 0 Å². The number of nitrogens with zero attached hydrogens (tertiary/aromatic N) is 1. The summed E-state index contributed by atoms with van der Waals surface area (Å²) in [5.74, 6) is 0. The van der Waals surface area contributed by atoms with Crippen LogP contribution in [-0.2, 0) is 0 Å². The first kappa shape index (κ1) is 10.9. The van der Waals surface area contributed by atoms with Gasteiger partial charge in [0.15, 0.2) is 0 Å². The summed E-state index contributed by atoms with van der Waals surface area (Å²) in [6, 6.07) is 0. The summed E-state index contributed by atoms with van der Waals surface area (Å²) in [4.78, 5) is 4.38. The third-order valence-electron chi connectivity index (χ3n) is 1.46. The van der Waals surface area contributed by atoms with E-state index in [0.717, 1.165) is 11.4 Å². The Balaban J connectivity index is 4.81. The van der Waals surface area contributed by atoms with Gasteiger partial charge in [0.25, 0.3) is 0 Å². The summed E-state index contributed by atoms with van der Waals surface area (Å²) in [5.41, 5.74) is 3.23. The Morgan fingerprint density at radius 2 is 1.83 bits per heavy atom. The summed E-state index contributed by atoms with van der Waals surface area (Å²) >= 11 is 0. The molecule has 0 spiro atoms. The molecule has 1 nitrogen and oxygen atoms in total. The van der Waals surface area contributed by atoms with Crippen LogP contribution in [0.25, 0.3) is 0 Å². The number of hydrogen-bond acceptors (Lipinski definition) is 1. The molecule has 66 valence electrons. The maximum Gasteiger partial charge on any atom is 0.0654 e. The van der Waals surface area contributed by atoms with Crippen molar-refractivity contribution >= 4 is 5.71 Å². The minimum Gasteiger partial charge on any atom is -0.258 e. The van der Waals surface area contributed by atoms with Gasteiger partial charge in [-0.1, -0.05) is 18.7 Å². The van der Waals surface area contributed by atoms with Gasteiger partial charge in [0.05, 0.1) is 5.70 Å². The van der Waals surface area contributed by atoms with Crippen LogP contribution in [0.5, 0.6) is 0 Å². The van der Waals surface area contributed by atoms with E-state index in [0.29, 0.717) is 0 Å². The van der Waals surface area contributed by atoms with Crippen molar-refractivity contribution in [2.45, 2.75) is 27.7 Å². The Morgan fingerprint density at radius 1 is 1.25 bits per heavy atom. The normalized spacial score (nSPS) is 12.7. The van der Waals surface area contributed by atoms with E-state index >= 15 is 0 Å². The quantitative estimate of drug-likeness (QED) is 0.446. The molecule has 0 amide bonds. The summed E-state index contributed by atoms with van der Waals surface area (Å²) in [5, 5.41) is 0. The minimum atomic E-state index is 0.993. The molecule has 0 aliphatic carbocycles. The molecule has 0 fully saturated rings. The molecule has 0 aromatic rings. The Labute approximate surface area is 75.2 Å². The van der Waals surface area contributed by atoms with E-state index in [1.165, 1.54) is 5.57 Å². The van der Waals surface area contributed by atoms with Gasteiger partial charge >= 0.3 is 0 Å². The lowest BCUT2D eigenvalue weighted by atomic mass is 10.2. The zero-order valence-electron chi connectivity index (χ0n) is 8.39. The van der Waals surface area contributed by atoms with Gasteiger partial charge < -0.3 is 0 Å². The molecule has 0 unspecified atom stereocenters. The average molecular weight is 163 g/mol. The maximum absolute atomic E-state index is 4.38. The SMILES string of the molecule is C=C/C=C(N=C(C)C)/C(C)=C/C. The van der Waals surface area contributed by atoms with Crippen LogP contribution in [0.1, 0.15) is 27.7 Å². The average Bonchev–Trinajstić information content (AvgIpc) is 2.01. The molecule has 0 aliphatic heterocycles. The number of rotatable bonds is 3. The lowest BCUT2D eigenvalue weighted by Crippen LogP contribution is -1.86. The number of aliphatic imine (C=N–C) groups is 1. The van der Waals surface area contributed by atoms with Crippen LogP contribution in [0.15, 0.2) is 41.1 Å². The van der Waals surface area contributed by atoms with Gasteiger partial charge in [-0.3, -0.25) is 4.99 Å². The predicted molar refractivity (Wildman–Crippen MR) is 56.5 cm³/mol. The van der Waals surface area contributed by atoms with Gasteiger partial charge in [-0.15, -0.1) is 0 Å². The van der Waals surface area contributed by atoms with Gasteiger partial charge in [0.1, 0.15) is 0 Å². The molecule has 0 heterocycles. The monoisotopic (exact) mass is 163 g/mol. The van der Waals surface area contributed by atoms with Gasteiger partial charge in [0, 0.05) is 5.71 Å². The van der Waals surface area contributed by atoms with Crippen LogP contribution in [0.4, 0.5) is 0 Å². The molecule has 0 saturated heterocycles. The molecule has 0 radical (unpaired) electrons. The molecule has 0 saturated carbocycles. The molecule has 0 aromatic heterocycles. The maximum atomic E-state index is 4.38. The van der Waals surface area contributed by atoms with E-state index < -0.39 is 0 Å². The van der Waals surface area contributed by atoms with Crippen molar-refractivity contribution in [1.82, 2.24) is 0 Å². The van der Waals surface area contributed by atoms with E-state index in [1.54, 1.807) is 6.08 Å². The highest BCUT2D eigenvalue weighted by atomic mass is 14.7. The highest BCUT2D eigenvalue weighted by Gasteiger charge is 1.94. The van der Waals surface area contributed by atoms with Gasteiger partial charge in [0.2, 0.25) is 0 Å². The summed E-state index contributed by atoms with van der Waals surface area (Å²) in [6.45, 7) is 11.7. The van der Waals surface area contributed by atoms with Crippen LogP contribution in [0.2, 0.25) is 0 Å². The van der Waals surface area contributed by atoms with Crippen molar-refractivity contribution in [3.05, 3.63) is 36.1 Å². The highest BCUT2D eigenvalue weighted by Crippen LogP contribution is 2.10. The van der Waals surface area contributed by atoms with Crippen LogP contribution in [-0.4, -0.2) is 5.71 Å². The lowest BCUT2D eigenvalue weighted by molar-refractivity contribution is 1.26. The smallest absolute Gasteiger partial charge is 0.0654 e. The second-order valence-electron chi connectivity index (χ2n) is 2.82. The van der Waals surface area contributed by atoms with E-state index in [-0.39, 0.29) is 0 Å². The summed E-state index contributed by atoms with van der Waals surface area (Å²) in [6.07, 6.45) is 5.72. The van der Waals surface area contributed by atoms with E-state index in [1.807, 2.05) is 39.8 Å². The second kappa shape index (κ2) is 5.53. The van der Waals surface area contributed by atoms with Crippen LogP contribution in [0, 0.1) is 0 Å². The topological polar surface area (TPSA) is 12.4 Å². The standard InChI is InChI=1S/C11H17N/c1-6-8-11(10(5)7-2)12-9(3)4/h6-8H,1H2,2-5H3/b10-7+,11-8-. The fourth-order valence-electron chi connectivity index (χ4n) is 0.757. The van der Waals surface area contributed by atoms with Crippen LogP contribution >= 0.6 is 0 Å². The molecule has 0 atom stereocenters. The van der Waals surface area contributed by atoms with Crippen molar-refractivity contribution < 1.29 is 0 Å². The summed E-state index contributed by atoms with van der Waals surface area (Å²) in [7, 11) is 0. The summed E-state index contributed by atoms with van der Waals surface area (Å²) < 4.78 is 0. The van der Waals surface area contributed by atoms with Crippen molar-refractivity contribution in [3.63, 3.8) is 0 Å². The Morgan fingerprint density at radius 3 is 2.17 bits per heavy atom. The van der Waals surface area contributed by atoms with Crippen molar-refractivity contribution in [3.8, 4) is 0 Å². The fraction of sp³-hybridized carbons (Fsp3) is 0.364. The molecular weight excluding hydrogens is 146 g/mol. The predicted octanol–water partition coefficient (Wildman–Crippen LogP) is 3.50. The lowest BCUT2D eigenvalue weighted by Gasteiger charge is -2.00. The molecule has 0 aromatic carbocycles. The molecule has 0 bridgehead atoms.